The minimum atomic E-state index is -1.41. The minimum absolute atomic E-state index is 0.111. The van der Waals surface area contributed by atoms with Crippen LogP contribution in [-0.2, 0) is 9.47 Å². The van der Waals surface area contributed by atoms with Crippen molar-refractivity contribution in [2.45, 2.75) is 103 Å². The Bertz CT molecular complexity index is 365. The van der Waals surface area contributed by atoms with Crippen molar-refractivity contribution in [1.82, 2.24) is 0 Å². The molecule has 0 aromatic carbocycles. The second-order valence-electron chi connectivity index (χ2n) is 7.40. The Kier molecular flexibility index (Phi) is 8.10. The van der Waals surface area contributed by atoms with Gasteiger partial charge in [-0.2, -0.15) is 0 Å². The first-order valence-electron chi connectivity index (χ1n) is 9.19. The van der Waals surface area contributed by atoms with Gasteiger partial charge in [0.15, 0.2) is 6.29 Å². The van der Waals surface area contributed by atoms with Gasteiger partial charge in [-0.1, -0.05) is 47.5 Å². The van der Waals surface area contributed by atoms with Crippen LogP contribution < -0.4 is 0 Å². The zero-order valence-electron chi connectivity index (χ0n) is 15.7. The molecule has 0 aromatic rings. The average Bonchev–Trinajstić information content (AvgIpc) is 2.61. The summed E-state index contributed by atoms with van der Waals surface area (Å²) in [5.41, 5.74) is -0.380. The lowest BCUT2D eigenvalue weighted by Crippen LogP contribution is -2.61. The van der Waals surface area contributed by atoms with Crippen LogP contribution in [0.3, 0.4) is 0 Å². The Hall–Kier alpha value is -0.240. The highest BCUT2D eigenvalue weighted by molar-refractivity contribution is 4.92. The first kappa shape index (κ1) is 21.8. The van der Waals surface area contributed by atoms with E-state index in [0.717, 1.165) is 32.1 Å². The van der Waals surface area contributed by atoms with Crippen LogP contribution >= 0.6 is 0 Å². The molecule has 1 aliphatic heterocycles. The van der Waals surface area contributed by atoms with Gasteiger partial charge in [-0.3, -0.25) is 0 Å². The second-order valence-corrected chi connectivity index (χ2v) is 7.40. The second kappa shape index (κ2) is 8.92. The Labute approximate surface area is 145 Å². The number of hydrogen-bond donors (Lipinski definition) is 4. The Morgan fingerprint density at radius 3 is 1.83 bits per heavy atom. The summed E-state index contributed by atoms with van der Waals surface area (Å²) in [6.07, 6.45) is -1.80. The van der Waals surface area contributed by atoms with Crippen molar-refractivity contribution in [3.63, 3.8) is 0 Å². The fourth-order valence-electron chi connectivity index (χ4n) is 3.40. The lowest BCUT2D eigenvalue weighted by atomic mass is 9.73. The third kappa shape index (κ3) is 4.68. The molecule has 0 radical (unpaired) electrons. The first-order chi connectivity index (χ1) is 11.2. The van der Waals surface area contributed by atoms with Crippen LogP contribution in [0.4, 0.5) is 0 Å². The molecule has 0 aromatic heterocycles. The van der Waals surface area contributed by atoms with Gasteiger partial charge in [0.1, 0.15) is 24.4 Å². The summed E-state index contributed by atoms with van der Waals surface area (Å²) in [5, 5.41) is 39.4. The van der Waals surface area contributed by atoms with Crippen molar-refractivity contribution in [3.05, 3.63) is 0 Å². The molecule has 6 nitrogen and oxygen atoms in total. The molecule has 1 heterocycles. The average molecular weight is 348 g/mol. The van der Waals surface area contributed by atoms with E-state index in [4.69, 9.17) is 9.47 Å². The lowest BCUT2D eigenvalue weighted by Gasteiger charge is -2.46. The van der Waals surface area contributed by atoms with Crippen LogP contribution in [0, 0.1) is 5.41 Å². The SMILES string of the molecule is CCC(C)(CC)CC(CC)(CC)OC1OC(CO)C(O)C(O)C1O. The highest BCUT2D eigenvalue weighted by Gasteiger charge is 2.47. The van der Waals surface area contributed by atoms with Crippen molar-refractivity contribution in [2.24, 2.45) is 5.41 Å². The number of aliphatic hydroxyl groups excluding tert-OH is 4. The van der Waals surface area contributed by atoms with Crippen LogP contribution in [0.5, 0.6) is 0 Å². The van der Waals surface area contributed by atoms with E-state index in [1.807, 2.05) is 13.8 Å². The third-order valence-corrected chi connectivity index (χ3v) is 5.96. The predicted octanol–water partition coefficient (Wildman–Crippen LogP) is 1.58. The largest absolute Gasteiger partial charge is 0.394 e. The highest BCUT2D eigenvalue weighted by Crippen LogP contribution is 2.41. The molecule has 1 rings (SSSR count). The molecule has 4 N–H and O–H groups in total. The maximum Gasteiger partial charge on any atom is 0.187 e. The van der Waals surface area contributed by atoms with E-state index in [0.29, 0.717) is 0 Å². The van der Waals surface area contributed by atoms with Crippen molar-refractivity contribution in [1.29, 1.82) is 0 Å². The van der Waals surface area contributed by atoms with Gasteiger partial charge in [0, 0.05) is 0 Å². The summed E-state index contributed by atoms with van der Waals surface area (Å²) in [6, 6.07) is 0. The monoisotopic (exact) mass is 348 g/mol. The molecule has 0 amide bonds. The van der Waals surface area contributed by atoms with Gasteiger partial charge in [0.2, 0.25) is 0 Å². The number of hydrogen-bond acceptors (Lipinski definition) is 6. The number of rotatable bonds is 9. The quantitative estimate of drug-likeness (QED) is 0.505. The van der Waals surface area contributed by atoms with Crippen LogP contribution in [-0.4, -0.2) is 63.3 Å². The number of aliphatic hydroxyl groups is 4. The standard InChI is InChI=1S/C18H36O6/c1-6-17(5,7-2)11-18(8-3,9-4)24-16-15(22)14(21)13(20)12(10-19)23-16/h12-16,19-22H,6-11H2,1-5H3. The van der Waals surface area contributed by atoms with Gasteiger partial charge < -0.3 is 29.9 Å². The van der Waals surface area contributed by atoms with E-state index >= 15 is 0 Å². The molecule has 5 atom stereocenters. The summed E-state index contributed by atoms with van der Waals surface area (Å²) < 4.78 is 11.7. The fourth-order valence-corrected chi connectivity index (χ4v) is 3.40. The van der Waals surface area contributed by atoms with Crippen LogP contribution in [0.2, 0.25) is 0 Å². The Morgan fingerprint density at radius 2 is 1.42 bits per heavy atom. The van der Waals surface area contributed by atoms with E-state index in [1.54, 1.807) is 0 Å². The lowest BCUT2D eigenvalue weighted by molar-refractivity contribution is -0.331. The van der Waals surface area contributed by atoms with Gasteiger partial charge in [-0.05, 0) is 24.7 Å². The van der Waals surface area contributed by atoms with E-state index in [1.165, 1.54) is 0 Å². The molecule has 24 heavy (non-hydrogen) atoms. The molecule has 1 saturated heterocycles. The Morgan fingerprint density at radius 1 is 0.875 bits per heavy atom. The van der Waals surface area contributed by atoms with Crippen molar-refractivity contribution in [3.8, 4) is 0 Å². The van der Waals surface area contributed by atoms with Gasteiger partial charge in [-0.25, -0.2) is 0 Å². The molecule has 0 aliphatic carbocycles. The molecule has 1 aliphatic rings. The summed E-state index contributed by atoms with van der Waals surface area (Å²) in [5.74, 6) is 0. The van der Waals surface area contributed by atoms with E-state index in [-0.39, 0.29) is 5.41 Å². The van der Waals surface area contributed by atoms with Gasteiger partial charge >= 0.3 is 0 Å². The molecule has 1 fully saturated rings. The molecular formula is C18H36O6. The fraction of sp³-hybridized carbons (Fsp3) is 1.00. The molecule has 144 valence electrons. The van der Waals surface area contributed by atoms with Gasteiger partial charge in [-0.15, -0.1) is 0 Å². The van der Waals surface area contributed by atoms with Gasteiger partial charge in [0.25, 0.3) is 0 Å². The number of ether oxygens (including phenoxy) is 2. The van der Waals surface area contributed by atoms with Gasteiger partial charge in [0.05, 0.1) is 12.2 Å². The molecular weight excluding hydrogens is 312 g/mol. The summed E-state index contributed by atoms with van der Waals surface area (Å²) in [6.45, 7) is 10.2. The normalized spacial score (nSPS) is 32.1. The predicted molar refractivity (Wildman–Crippen MR) is 91.5 cm³/mol. The molecule has 0 bridgehead atoms. The first-order valence-corrected chi connectivity index (χ1v) is 9.19. The maximum absolute atomic E-state index is 10.2. The van der Waals surface area contributed by atoms with E-state index in [9.17, 15) is 20.4 Å². The van der Waals surface area contributed by atoms with Crippen LogP contribution in [0.25, 0.3) is 0 Å². The summed E-state index contributed by atoms with van der Waals surface area (Å²) in [7, 11) is 0. The third-order valence-electron chi connectivity index (χ3n) is 5.96. The molecule has 6 heteroatoms. The van der Waals surface area contributed by atoms with Crippen molar-refractivity contribution < 1.29 is 29.9 Å². The zero-order chi connectivity index (χ0) is 18.5. The Balaban J connectivity index is 2.98. The van der Waals surface area contributed by atoms with Crippen LogP contribution in [0.15, 0.2) is 0 Å². The topological polar surface area (TPSA) is 99.4 Å². The molecule has 5 unspecified atom stereocenters. The highest BCUT2D eigenvalue weighted by atomic mass is 16.7. The molecule has 0 saturated carbocycles. The summed E-state index contributed by atoms with van der Waals surface area (Å²) >= 11 is 0. The summed E-state index contributed by atoms with van der Waals surface area (Å²) in [4.78, 5) is 0. The zero-order valence-corrected chi connectivity index (χ0v) is 15.7. The minimum Gasteiger partial charge on any atom is -0.394 e. The van der Waals surface area contributed by atoms with E-state index < -0.39 is 42.9 Å². The molecule has 0 spiro atoms. The maximum atomic E-state index is 10.2. The van der Waals surface area contributed by atoms with Crippen molar-refractivity contribution in [2.75, 3.05) is 6.61 Å². The van der Waals surface area contributed by atoms with E-state index in [2.05, 4.69) is 20.8 Å². The smallest absolute Gasteiger partial charge is 0.187 e. The van der Waals surface area contributed by atoms with Crippen LogP contribution in [0.1, 0.15) is 66.7 Å². The van der Waals surface area contributed by atoms with Crippen molar-refractivity contribution >= 4 is 0 Å².